The van der Waals surface area contributed by atoms with Crippen LogP contribution in [-0.2, 0) is 4.79 Å². The summed E-state index contributed by atoms with van der Waals surface area (Å²) in [6, 6.07) is -0.560. The summed E-state index contributed by atoms with van der Waals surface area (Å²) >= 11 is 0. The fraction of sp³-hybridized carbons (Fsp3) is 0.909. The highest BCUT2D eigenvalue weighted by Gasteiger charge is 2.42. The summed E-state index contributed by atoms with van der Waals surface area (Å²) in [5.41, 5.74) is 0. The Labute approximate surface area is 104 Å². The van der Waals surface area contributed by atoms with E-state index in [9.17, 15) is 18.0 Å². The number of nitrogens with one attached hydrogen (secondary N) is 1. The Kier molecular flexibility index (Phi) is 5.40. The molecule has 4 nitrogen and oxygen atoms in total. The number of likely N-dealkylation sites (N-methyl/N-ethyl adjacent to an activating group) is 1. The quantitative estimate of drug-likeness (QED) is 0.791. The van der Waals surface area contributed by atoms with Gasteiger partial charge in [0.15, 0.2) is 0 Å². The van der Waals surface area contributed by atoms with Crippen LogP contribution < -0.4 is 5.32 Å². The summed E-state index contributed by atoms with van der Waals surface area (Å²) in [5, 5.41) is 11.5. The number of rotatable bonds is 4. The van der Waals surface area contributed by atoms with Crippen molar-refractivity contribution in [2.24, 2.45) is 5.92 Å². The zero-order valence-electron chi connectivity index (χ0n) is 10.3. The summed E-state index contributed by atoms with van der Waals surface area (Å²) in [4.78, 5) is 13.4. The van der Waals surface area contributed by atoms with Crippen molar-refractivity contribution in [1.29, 1.82) is 0 Å². The first-order chi connectivity index (χ1) is 8.40. The summed E-state index contributed by atoms with van der Waals surface area (Å²) < 4.78 is 37.3. The smallest absolute Gasteiger partial charge is 0.393 e. The summed E-state index contributed by atoms with van der Waals surface area (Å²) in [7, 11) is 0. The number of amides is 1. The third-order valence-electron chi connectivity index (χ3n) is 3.24. The molecule has 2 N–H and O–H groups in total. The van der Waals surface area contributed by atoms with Crippen LogP contribution in [0.3, 0.4) is 0 Å². The molecule has 2 unspecified atom stereocenters. The van der Waals surface area contributed by atoms with Crippen molar-refractivity contribution < 1.29 is 23.1 Å². The van der Waals surface area contributed by atoms with E-state index >= 15 is 0 Å². The zero-order chi connectivity index (χ0) is 13.8. The summed E-state index contributed by atoms with van der Waals surface area (Å²) in [5.74, 6) is -1.60. The highest BCUT2D eigenvalue weighted by atomic mass is 19.4. The van der Waals surface area contributed by atoms with Crippen LogP contribution in [0.1, 0.15) is 19.8 Å². The van der Waals surface area contributed by atoms with Gasteiger partial charge in [-0.1, -0.05) is 0 Å². The molecular weight excluding hydrogens is 249 g/mol. The largest absolute Gasteiger partial charge is 0.395 e. The Morgan fingerprint density at radius 2 is 2.11 bits per heavy atom. The Balaban J connectivity index is 2.49. The molecule has 1 heterocycles. The lowest BCUT2D eigenvalue weighted by Gasteiger charge is -2.33. The number of piperidine rings is 1. The Bertz CT molecular complexity index is 276. The first-order valence-corrected chi connectivity index (χ1v) is 6.09. The third kappa shape index (κ3) is 3.84. The van der Waals surface area contributed by atoms with Gasteiger partial charge in [-0.05, 0) is 19.8 Å². The van der Waals surface area contributed by atoms with E-state index in [-0.39, 0.29) is 38.4 Å². The molecule has 0 aromatic carbocycles. The van der Waals surface area contributed by atoms with Crippen molar-refractivity contribution in [1.82, 2.24) is 10.2 Å². The van der Waals surface area contributed by atoms with E-state index in [1.54, 1.807) is 6.92 Å². The van der Waals surface area contributed by atoms with Gasteiger partial charge in [-0.15, -0.1) is 0 Å². The molecule has 0 bridgehead atoms. The molecule has 0 saturated carbocycles. The maximum atomic E-state index is 12.4. The number of hydrogen-bond donors (Lipinski definition) is 2. The molecule has 1 amide bonds. The Hall–Kier alpha value is -0.820. The van der Waals surface area contributed by atoms with Gasteiger partial charge in [0.25, 0.3) is 0 Å². The average molecular weight is 268 g/mol. The first-order valence-electron chi connectivity index (χ1n) is 6.09. The van der Waals surface area contributed by atoms with Gasteiger partial charge in [0.1, 0.15) is 0 Å². The van der Waals surface area contributed by atoms with Gasteiger partial charge in [0.2, 0.25) is 5.91 Å². The number of aliphatic hydroxyl groups is 1. The van der Waals surface area contributed by atoms with E-state index in [1.165, 1.54) is 4.90 Å². The maximum Gasteiger partial charge on any atom is 0.393 e. The minimum Gasteiger partial charge on any atom is -0.395 e. The minimum atomic E-state index is -4.20. The third-order valence-corrected chi connectivity index (χ3v) is 3.24. The predicted octanol–water partition coefficient (Wildman–Crippen LogP) is 0.758. The number of nitrogens with zero attached hydrogens (tertiary/aromatic N) is 1. The second-order valence-electron chi connectivity index (χ2n) is 4.42. The molecule has 0 aromatic rings. The van der Waals surface area contributed by atoms with E-state index in [4.69, 9.17) is 5.11 Å². The zero-order valence-corrected chi connectivity index (χ0v) is 10.3. The molecule has 1 fully saturated rings. The SMILES string of the molecule is CCN(CCO)C(=O)C1CCC(C(F)(F)F)CN1. The Morgan fingerprint density at radius 3 is 2.50 bits per heavy atom. The van der Waals surface area contributed by atoms with Crippen LogP contribution >= 0.6 is 0 Å². The van der Waals surface area contributed by atoms with Crippen LogP contribution in [0.4, 0.5) is 13.2 Å². The maximum absolute atomic E-state index is 12.4. The van der Waals surface area contributed by atoms with Crippen molar-refractivity contribution in [2.75, 3.05) is 26.2 Å². The molecule has 7 heteroatoms. The highest BCUT2D eigenvalue weighted by Crippen LogP contribution is 2.32. The van der Waals surface area contributed by atoms with Crippen LogP contribution in [0.5, 0.6) is 0 Å². The number of aliphatic hydroxyl groups excluding tert-OH is 1. The fourth-order valence-electron chi connectivity index (χ4n) is 2.11. The standard InChI is InChI=1S/C11H19F3N2O2/c1-2-16(5-6-17)10(18)9-4-3-8(7-15-9)11(12,13)14/h8-9,15,17H,2-7H2,1H3. The molecule has 0 radical (unpaired) electrons. The fourth-order valence-corrected chi connectivity index (χ4v) is 2.11. The molecule has 1 saturated heterocycles. The van der Waals surface area contributed by atoms with Crippen LogP contribution in [0.25, 0.3) is 0 Å². The van der Waals surface area contributed by atoms with E-state index in [1.807, 2.05) is 0 Å². The van der Waals surface area contributed by atoms with Crippen molar-refractivity contribution in [3.8, 4) is 0 Å². The minimum absolute atomic E-state index is 0.0242. The Morgan fingerprint density at radius 1 is 1.44 bits per heavy atom. The molecule has 18 heavy (non-hydrogen) atoms. The molecule has 0 aliphatic carbocycles. The number of alkyl halides is 3. The molecule has 0 spiro atoms. The van der Waals surface area contributed by atoms with Gasteiger partial charge < -0.3 is 15.3 Å². The van der Waals surface area contributed by atoms with E-state index in [2.05, 4.69) is 5.32 Å². The number of carbonyl (C=O) groups is 1. The van der Waals surface area contributed by atoms with Crippen molar-refractivity contribution in [2.45, 2.75) is 32.0 Å². The normalized spacial score (nSPS) is 24.9. The lowest BCUT2D eigenvalue weighted by Crippen LogP contribution is -2.52. The van der Waals surface area contributed by atoms with Gasteiger partial charge in [-0.2, -0.15) is 13.2 Å². The van der Waals surface area contributed by atoms with E-state index < -0.39 is 18.1 Å². The molecule has 106 valence electrons. The van der Waals surface area contributed by atoms with Gasteiger partial charge in [-0.25, -0.2) is 0 Å². The predicted molar refractivity (Wildman–Crippen MR) is 59.9 cm³/mol. The van der Waals surface area contributed by atoms with Crippen molar-refractivity contribution in [3.05, 3.63) is 0 Å². The van der Waals surface area contributed by atoms with Crippen LogP contribution in [-0.4, -0.2) is 54.4 Å². The summed E-state index contributed by atoms with van der Waals surface area (Å²) in [6.07, 6.45) is -4.04. The lowest BCUT2D eigenvalue weighted by molar-refractivity contribution is -0.180. The number of hydrogen-bond acceptors (Lipinski definition) is 3. The van der Waals surface area contributed by atoms with Gasteiger partial charge in [0.05, 0.1) is 18.6 Å². The summed E-state index contributed by atoms with van der Waals surface area (Å²) in [6.45, 7) is 2.08. The molecular formula is C11H19F3N2O2. The molecule has 1 aliphatic rings. The molecule has 0 aromatic heterocycles. The molecule has 1 rings (SSSR count). The van der Waals surface area contributed by atoms with Crippen LogP contribution in [0.2, 0.25) is 0 Å². The van der Waals surface area contributed by atoms with Crippen molar-refractivity contribution >= 4 is 5.91 Å². The van der Waals surface area contributed by atoms with Gasteiger partial charge >= 0.3 is 6.18 Å². The second kappa shape index (κ2) is 6.38. The molecule has 2 atom stereocenters. The molecule has 1 aliphatic heterocycles. The van der Waals surface area contributed by atoms with Gasteiger partial charge in [0, 0.05) is 19.6 Å². The van der Waals surface area contributed by atoms with E-state index in [0.29, 0.717) is 6.54 Å². The van der Waals surface area contributed by atoms with Crippen LogP contribution in [0.15, 0.2) is 0 Å². The number of carbonyl (C=O) groups excluding carboxylic acids is 1. The van der Waals surface area contributed by atoms with E-state index in [0.717, 1.165) is 0 Å². The average Bonchev–Trinajstić information content (AvgIpc) is 2.34. The topological polar surface area (TPSA) is 52.6 Å². The lowest BCUT2D eigenvalue weighted by atomic mass is 9.93. The number of halogens is 3. The highest BCUT2D eigenvalue weighted by molar-refractivity contribution is 5.82. The van der Waals surface area contributed by atoms with Crippen LogP contribution in [0, 0.1) is 5.92 Å². The second-order valence-corrected chi connectivity index (χ2v) is 4.42. The first kappa shape index (κ1) is 15.2. The van der Waals surface area contributed by atoms with Gasteiger partial charge in [-0.3, -0.25) is 4.79 Å². The monoisotopic (exact) mass is 268 g/mol. The van der Waals surface area contributed by atoms with Crippen molar-refractivity contribution in [3.63, 3.8) is 0 Å².